The Morgan fingerprint density at radius 2 is 2.16 bits per heavy atom. The van der Waals surface area contributed by atoms with Gasteiger partial charge in [0.05, 0.1) is 24.6 Å². The Bertz CT molecular complexity index is 592. The molecule has 0 radical (unpaired) electrons. The summed E-state index contributed by atoms with van der Waals surface area (Å²) in [4.78, 5) is 10.9. The third-order valence-corrected chi connectivity index (χ3v) is 3.19. The van der Waals surface area contributed by atoms with Crippen LogP contribution in [0.25, 0.3) is 11.0 Å². The highest BCUT2D eigenvalue weighted by molar-refractivity contribution is 5.83. The van der Waals surface area contributed by atoms with E-state index in [-0.39, 0.29) is 25.0 Å². The van der Waals surface area contributed by atoms with E-state index in [0.717, 1.165) is 0 Å². The molecule has 0 aliphatic heterocycles. The number of aliphatic hydroxyl groups excluding tert-OH is 1. The van der Waals surface area contributed by atoms with Gasteiger partial charge in [-0.3, -0.25) is 4.79 Å². The van der Waals surface area contributed by atoms with Crippen LogP contribution in [0.3, 0.4) is 0 Å². The summed E-state index contributed by atoms with van der Waals surface area (Å²) in [6.07, 6.45) is -0.0824. The summed E-state index contributed by atoms with van der Waals surface area (Å²) in [7, 11) is 0. The van der Waals surface area contributed by atoms with Crippen molar-refractivity contribution in [2.75, 3.05) is 6.61 Å². The minimum absolute atomic E-state index is 0.0580. The Labute approximate surface area is 110 Å². The van der Waals surface area contributed by atoms with Gasteiger partial charge in [0.1, 0.15) is 5.52 Å². The molecular formula is C13H17N3O3. The molecule has 2 rings (SSSR count). The van der Waals surface area contributed by atoms with Crippen LogP contribution in [-0.2, 0) is 11.2 Å². The summed E-state index contributed by atoms with van der Waals surface area (Å²) in [5.41, 5.74) is 2.00. The van der Waals surface area contributed by atoms with Crippen LogP contribution in [0.15, 0.2) is 18.2 Å². The Kier molecular flexibility index (Phi) is 3.80. The Morgan fingerprint density at radius 3 is 2.74 bits per heavy atom. The van der Waals surface area contributed by atoms with E-state index in [4.69, 9.17) is 5.11 Å². The topological polar surface area (TPSA) is 88.2 Å². The molecule has 0 fully saturated rings. The third-order valence-electron chi connectivity index (χ3n) is 3.19. The molecule has 0 aliphatic carbocycles. The van der Waals surface area contributed by atoms with E-state index in [9.17, 15) is 9.90 Å². The van der Waals surface area contributed by atoms with Crippen LogP contribution in [-0.4, -0.2) is 37.8 Å². The molecule has 1 heterocycles. The van der Waals surface area contributed by atoms with E-state index in [1.807, 2.05) is 13.8 Å². The lowest BCUT2D eigenvalue weighted by molar-refractivity contribution is -0.136. The number of carboxylic acids is 1. The molecule has 0 aliphatic rings. The zero-order chi connectivity index (χ0) is 14.0. The van der Waals surface area contributed by atoms with Crippen molar-refractivity contribution in [3.8, 4) is 0 Å². The fourth-order valence-electron chi connectivity index (χ4n) is 2.17. The quantitative estimate of drug-likeness (QED) is 0.847. The van der Waals surface area contributed by atoms with E-state index >= 15 is 0 Å². The van der Waals surface area contributed by atoms with Crippen molar-refractivity contribution in [2.24, 2.45) is 5.92 Å². The second kappa shape index (κ2) is 5.36. The summed E-state index contributed by atoms with van der Waals surface area (Å²) in [6.45, 7) is 3.90. The van der Waals surface area contributed by atoms with Crippen molar-refractivity contribution >= 4 is 17.0 Å². The maximum atomic E-state index is 10.9. The van der Waals surface area contributed by atoms with E-state index in [2.05, 4.69) is 10.3 Å². The smallest absolute Gasteiger partial charge is 0.307 e. The van der Waals surface area contributed by atoms with Gasteiger partial charge < -0.3 is 10.2 Å². The van der Waals surface area contributed by atoms with Crippen molar-refractivity contribution < 1.29 is 15.0 Å². The van der Waals surface area contributed by atoms with E-state index in [1.165, 1.54) is 0 Å². The highest BCUT2D eigenvalue weighted by Crippen LogP contribution is 2.24. The first kappa shape index (κ1) is 13.5. The fourth-order valence-corrected chi connectivity index (χ4v) is 2.17. The molecule has 2 N–H and O–H groups in total. The first-order chi connectivity index (χ1) is 9.04. The monoisotopic (exact) mass is 263 g/mol. The number of benzene rings is 1. The lowest BCUT2D eigenvalue weighted by atomic mass is 10.0. The first-order valence-corrected chi connectivity index (χ1v) is 6.20. The maximum absolute atomic E-state index is 10.9. The van der Waals surface area contributed by atoms with Gasteiger partial charge in [-0.25, -0.2) is 4.68 Å². The SMILES string of the molecule is CC(C)C(CO)n1nnc2cccc(CC(=O)O)c21. The standard InChI is InChI=1S/C13H17N3O3/c1-8(2)11(7-17)16-13-9(6-12(18)19)4-3-5-10(13)14-15-16/h3-5,8,11,17H,6-7H2,1-2H3,(H,18,19). The summed E-state index contributed by atoms with van der Waals surface area (Å²) < 4.78 is 1.64. The number of hydrogen-bond donors (Lipinski definition) is 2. The number of aromatic nitrogens is 3. The minimum Gasteiger partial charge on any atom is -0.481 e. The first-order valence-electron chi connectivity index (χ1n) is 6.20. The second-order valence-electron chi connectivity index (χ2n) is 4.88. The van der Waals surface area contributed by atoms with Crippen molar-refractivity contribution in [3.63, 3.8) is 0 Å². The van der Waals surface area contributed by atoms with Gasteiger partial charge in [-0.2, -0.15) is 0 Å². The summed E-state index contributed by atoms with van der Waals surface area (Å²) >= 11 is 0. The third kappa shape index (κ3) is 2.58. The van der Waals surface area contributed by atoms with Crippen LogP contribution in [0, 0.1) is 5.92 Å². The van der Waals surface area contributed by atoms with Crippen LogP contribution in [0.1, 0.15) is 25.5 Å². The second-order valence-corrected chi connectivity index (χ2v) is 4.88. The number of nitrogens with zero attached hydrogens (tertiary/aromatic N) is 3. The van der Waals surface area contributed by atoms with Gasteiger partial charge in [0, 0.05) is 0 Å². The van der Waals surface area contributed by atoms with Gasteiger partial charge in [-0.1, -0.05) is 31.2 Å². The fraction of sp³-hybridized carbons (Fsp3) is 0.462. The molecule has 102 valence electrons. The maximum Gasteiger partial charge on any atom is 0.307 e. The van der Waals surface area contributed by atoms with Crippen molar-refractivity contribution in [3.05, 3.63) is 23.8 Å². The normalized spacial score (nSPS) is 13.1. The number of para-hydroxylation sites is 1. The predicted octanol–water partition coefficient (Wildman–Crippen LogP) is 1.25. The lowest BCUT2D eigenvalue weighted by Crippen LogP contribution is -2.21. The Hall–Kier alpha value is -1.95. The number of carbonyl (C=O) groups is 1. The molecular weight excluding hydrogens is 246 g/mol. The molecule has 1 aromatic carbocycles. The summed E-state index contributed by atoms with van der Waals surface area (Å²) in [6, 6.07) is 5.10. The molecule has 19 heavy (non-hydrogen) atoms. The number of aliphatic carboxylic acids is 1. The number of carboxylic acid groups (broad SMARTS) is 1. The zero-order valence-corrected chi connectivity index (χ0v) is 10.9. The molecule has 0 amide bonds. The van der Waals surface area contributed by atoms with Crippen LogP contribution in [0.5, 0.6) is 0 Å². The van der Waals surface area contributed by atoms with Gasteiger partial charge in [0.15, 0.2) is 0 Å². The van der Waals surface area contributed by atoms with Crippen LogP contribution in [0.2, 0.25) is 0 Å². The number of rotatable bonds is 5. The van der Waals surface area contributed by atoms with Crippen molar-refractivity contribution in [1.29, 1.82) is 0 Å². The molecule has 6 heteroatoms. The number of aliphatic hydroxyl groups is 1. The van der Waals surface area contributed by atoms with E-state index in [0.29, 0.717) is 16.6 Å². The van der Waals surface area contributed by atoms with Crippen LogP contribution < -0.4 is 0 Å². The van der Waals surface area contributed by atoms with Gasteiger partial charge >= 0.3 is 5.97 Å². The summed E-state index contributed by atoms with van der Waals surface area (Å²) in [5.74, 6) is -0.724. The molecule has 1 atom stereocenters. The molecule has 6 nitrogen and oxygen atoms in total. The average molecular weight is 263 g/mol. The van der Waals surface area contributed by atoms with Gasteiger partial charge in [0.2, 0.25) is 0 Å². The molecule has 0 spiro atoms. The van der Waals surface area contributed by atoms with Crippen molar-refractivity contribution in [2.45, 2.75) is 26.3 Å². The average Bonchev–Trinajstić information content (AvgIpc) is 2.74. The lowest BCUT2D eigenvalue weighted by Gasteiger charge is -2.19. The van der Waals surface area contributed by atoms with Crippen LogP contribution >= 0.6 is 0 Å². The number of fused-ring (bicyclic) bond motifs is 1. The Morgan fingerprint density at radius 1 is 1.42 bits per heavy atom. The predicted molar refractivity (Wildman–Crippen MR) is 69.8 cm³/mol. The Balaban J connectivity index is 2.59. The molecule has 0 saturated heterocycles. The van der Waals surface area contributed by atoms with Gasteiger partial charge in [-0.15, -0.1) is 5.10 Å². The molecule has 2 aromatic rings. The van der Waals surface area contributed by atoms with Gasteiger partial charge in [0.25, 0.3) is 0 Å². The largest absolute Gasteiger partial charge is 0.481 e. The van der Waals surface area contributed by atoms with E-state index < -0.39 is 5.97 Å². The number of hydrogen-bond acceptors (Lipinski definition) is 4. The van der Waals surface area contributed by atoms with Gasteiger partial charge in [-0.05, 0) is 17.5 Å². The highest BCUT2D eigenvalue weighted by atomic mass is 16.4. The van der Waals surface area contributed by atoms with E-state index in [1.54, 1.807) is 22.9 Å². The minimum atomic E-state index is -0.898. The summed E-state index contributed by atoms with van der Waals surface area (Å²) in [5, 5.41) is 26.6. The molecule has 0 bridgehead atoms. The van der Waals surface area contributed by atoms with Crippen molar-refractivity contribution in [1.82, 2.24) is 15.0 Å². The zero-order valence-electron chi connectivity index (χ0n) is 10.9. The molecule has 1 aromatic heterocycles. The van der Waals surface area contributed by atoms with Crippen LogP contribution in [0.4, 0.5) is 0 Å². The highest BCUT2D eigenvalue weighted by Gasteiger charge is 2.20. The molecule has 1 unspecified atom stereocenters. The molecule has 0 saturated carbocycles.